The van der Waals surface area contributed by atoms with Crippen LogP contribution in [0.2, 0.25) is 5.02 Å². The molecule has 0 fully saturated rings. The van der Waals surface area contributed by atoms with E-state index in [-0.39, 0.29) is 40.7 Å². The van der Waals surface area contributed by atoms with Crippen molar-refractivity contribution in [3.05, 3.63) is 34.9 Å². The summed E-state index contributed by atoms with van der Waals surface area (Å²) in [7, 11) is -1.57. The summed E-state index contributed by atoms with van der Waals surface area (Å²) < 4.78 is 37.1. The Balaban J connectivity index is 2.24. The molecule has 0 bridgehead atoms. The molecule has 1 aromatic carbocycles. The van der Waals surface area contributed by atoms with E-state index in [4.69, 9.17) is 26.2 Å². The molecule has 3 N–H and O–H groups in total. The first-order valence-electron chi connectivity index (χ1n) is 8.00. The van der Waals surface area contributed by atoms with E-state index in [0.717, 1.165) is 0 Å². The lowest BCUT2D eigenvalue weighted by atomic mass is 10.1. The second-order valence-electron chi connectivity index (χ2n) is 5.39. The lowest BCUT2D eigenvalue weighted by molar-refractivity contribution is 0.256. The van der Waals surface area contributed by atoms with Gasteiger partial charge >= 0.3 is 6.03 Å². The number of carbonyl (C=O) groups is 1. The van der Waals surface area contributed by atoms with Crippen molar-refractivity contribution in [2.75, 3.05) is 26.1 Å². The van der Waals surface area contributed by atoms with Crippen LogP contribution in [0.1, 0.15) is 12.0 Å². The van der Waals surface area contributed by atoms with E-state index in [0.29, 0.717) is 12.0 Å². The largest absolute Gasteiger partial charge is 0.481 e. The fourth-order valence-electron chi connectivity index (χ4n) is 2.29. The smallest absolute Gasteiger partial charge is 0.335 e. The number of halogens is 1. The van der Waals surface area contributed by atoms with Crippen LogP contribution in [-0.2, 0) is 16.4 Å². The van der Waals surface area contributed by atoms with Gasteiger partial charge in [-0.25, -0.2) is 17.9 Å². The van der Waals surface area contributed by atoms with Gasteiger partial charge in [0.25, 0.3) is 10.0 Å². The fraction of sp³-hybridized carbons (Fsp3) is 0.312. The molecule has 0 spiro atoms. The van der Waals surface area contributed by atoms with Gasteiger partial charge in [0.05, 0.1) is 25.3 Å². The molecule has 0 atom stereocenters. The van der Waals surface area contributed by atoms with E-state index in [9.17, 15) is 13.2 Å². The van der Waals surface area contributed by atoms with Crippen LogP contribution >= 0.6 is 11.6 Å². The molecule has 10 nitrogen and oxygen atoms in total. The molecule has 0 aliphatic rings. The highest BCUT2D eigenvalue weighted by Crippen LogP contribution is 2.26. The number of nitrogens with one attached hydrogen (secondary N) is 2. The van der Waals surface area contributed by atoms with Gasteiger partial charge in [0.1, 0.15) is 4.90 Å². The molecule has 0 aliphatic heterocycles. The molecule has 2 aromatic rings. The first-order valence-corrected chi connectivity index (χ1v) is 9.86. The first kappa shape index (κ1) is 21.7. The summed E-state index contributed by atoms with van der Waals surface area (Å²) in [5.74, 6) is 0.00774. The van der Waals surface area contributed by atoms with Crippen LogP contribution in [0.5, 0.6) is 11.8 Å². The van der Waals surface area contributed by atoms with Crippen LogP contribution in [-0.4, -0.2) is 50.3 Å². The van der Waals surface area contributed by atoms with Crippen molar-refractivity contribution in [2.24, 2.45) is 0 Å². The van der Waals surface area contributed by atoms with E-state index in [2.05, 4.69) is 15.3 Å². The van der Waals surface area contributed by atoms with Crippen LogP contribution < -0.4 is 19.5 Å². The number of methoxy groups -OCH3 is 2. The van der Waals surface area contributed by atoms with E-state index < -0.39 is 16.1 Å². The Hall–Kier alpha value is -2.63. The van der Waals surface area contributed by atoms with Crippen molar-refractivity contribution in [1.29, 1.82) is 0 Å². The van der Waals surface area contributed by atoms with E-state index in [1.54, 1.807) is 12.1 Å². The van der Waals surface area contributed by atoms with Gasteiger partial charge in [0.15, 0.2) is 0 Å². The third-order valence-electron chi connectivity index (χ3n) is 3.47. The van der Waals surface area contributed by atoms with Gasteiger partial charge in [-0.3, -0.25) is 5.32 Å². The maximum atomic E-state index is 12.7. The maximum Gasteiger partial charge on any atom is 0.335 e. The zero-order chi connectivity index (χ0) is 20.7. The van der Waals surface area contributed by atoms with Crippen LogP contribution in [0.3, 0.4) is 0 Å². The number of nitrogens with zero attached hydrogens (tertiary/aromatic N) is 2. The maximum absolute atomic E-state index is 12.7. The minimum absolute atomic E-state index is 0.0463. The summed E-state index contributed by atoms with van der Waals surface area (Å²) in [6.45, 7) is -0.116. The van der Waals surface area contributed by atoms with Crippen molar-refractivity contribution in [3.8, 4) is 11.8 Å². The molecular formula is C16H19ClN4O6S. The van der Waals surface area contributed by atoms with E-state index in [1.807, 2.05) is 4.72 Å². The third-order valence-corrected chi connectivity index (χ3v) is 5.37. The lowest BCUT2D eigenvalue weighted by Crippen LogP contribution is -2.35. The number of anilines is 1. The monoisotopic (exact) mass is 430 g/mol. The molecular weight excluding hydrogens is 412 g/mol. The molecule has 152 valence electrons. The Morgan fingerprint density at radius 3 is 2.43 bits per heavy atom. The molecule has 1 aromatic heterocycles. The summed E-state index contributed by atoms with van der Waals surface area (Å²) in [6.07, 6.45) is 0.609. The second kappa shape index (κ2) is 9.53. The number of rotatable bonds is 8. The van der Waals surface area contributed by atoms with Gasteiger partial charge in [-0.15, -0.1) is 0 Å². The average molecular weight is 431 g/mol. The van der Waals surface area contributed by atoms with Crippen molar-refractivity contribution in [2.45, 2.75) is 17.7 Å². The predicted molar refractivity (Wildman–Crippen MR) is 101 cm³/mol. The average Bonchev–Trinajstić information content (AvgIpc) is 2.65. The number of hydrogen-bond donors (Lipinski definition) is 3. The molecule has 2 amide bonds. The Kier molecular flexibility index (Phi) is 7.38. The standard InChI is InChI=1S/C16H19ClN4O6S/c1-26-12-9-13(27-2)19-15(18-12)20-16(23)21-28(24,25)14-10(6-4-8-22)5-3-7-11(14)17/h3,5,7,9,22H,4,6,8H2,1-2H3,(H2,18,19,20,21,23). The van der Waals surface area contributed by atoms with E-state index in [1.165, 1.54) is 26.4 Å². The molecule has 0 aliphatic carbocycles. The Morgan fingerprint density at radius 2 is 1.86 bits per heavy atom. The number of carbonyl (C=O) groups excluding carboxylic acids is 1. The number of aliphatic hydroxyl groups excluding tert-OH is 1. The number of ether oxygens (including phenoxy) is 2. The molecule has 0 saturated heterocycles. The van der Waals surface area contributed by atoms with Crippen molar-refractivity contribution in [3.63, 3.8) is 0 Å². The van der Waals surface area contributed by atoms with Gasteiger partial charge in [-0.1, -0.05) is 23.7 Å². The first-order chi connectivity index (χ1) is 13.3. The number of amides is 2. The second-order valence-corrected chi connectivity index (χ2v) is 7.42. The van der Waals surface area contributed by atoms with Gasteiger partial charge < -0.3 is 14.6 Å². The minimum Gasteiger partial charge on any atom is -0.481 e. The Morgan fingerprint density at radius 1 is 1.21 bits per heavy atom. The summed E-state index contributed by atoms with van der Waals surface area (Å²) in [6, 6.07) is 4.83. The number of sulfonamides is 1. The number of aromatic nitrogens is 2. The quantitative estimate of drug-likeness (QED) is 0.573. The molecule has 0 unspecified atom stereocenters. The highest BCUT2D eigenvalue weighted by Gasteiger charge is 2.24. The molecule has 1 heterocycles. The molecule has 28 heavy (non-hydrogen) atoms. The predicted octanol–water partition coefficient (Wildman–Crippen LogP) is 1.58. The van der Waals surface area contributed by atoms with Gasteiger partial charge in [0, 0.05) is 6.61 Å². The summed E-state index contributed by atoms with van der Waals surface area (Å²) in [5.41, 5.74) is 0.376. The number of hydrogen-bond acceptors (Lipinski definition) is 8. The highest BCUT2D eigenvalue weighted by molar-refractivity contribution is 7.90. The lowest BCUT2D eigenvalue weighted by Gasteiger charge is -2.13. The van der Waals surface area contributed by atoms with Crippen LogP contribution in [0.25, 0.3) is 0 Å². The van der Waals surface area contributed by atoms with Crippen molar-refractivity contribution < 1.29 is 27.8 Å². The summed E-state index contributed by atoms with van der Waals surface area (Å²) >= 11 is 6.04. The van der Waals surface area contributed by atoms with E-state index >= 15 is 0 Å². The normalized spacial score (nSPS) is 11.0. The number of aryl methyl sites for hydroxylation is 1. The van der Waals surface area contributed by atoms with Gasteiger partial charge in [-0.2, -0.15) is 9.97 Å². The third kappa shape index (κ3) is 5.44. The summed E-state index contributed by atoms with van der Waals surface area (Å²) in [5, 5.41) is 11.1. The SMILES string of the molecule is COc1cc(OC)nc(NC(=O)NS(=O)(=O)c2c(Cl)cccc2CCCO)n1. The molecule has 0 saturated carbocycles. The zero-order valence-electron chi connectivity index (χ0n) is 15.1. The molecule has 0 radical (unpaired) electrons. The highest BCUT2D eigenvalue weighted by atomic mass is 35.5. The van der Waals surface area contributed by atoms with Gasteiger partial charge in [0.2, 0.25) is 17.7 Å². The van der Waals surface area contributed by atoms with Crippen molar-refractivity contribution in [1.82, 2.24) is 14.7 Å². The Labute approximate surface area is 166 Å². The van der Waals surface area contributed by atoms with Crippen LogP contribution in [0.4, 0.5) is 10.7 Å². The van der Waals surface area contributed by atoms with Crippen LogP contribution in [0.15, 0.2) is 29.2 Å². The fourth-order valence-corrected chi connectivity index (χ4v) is 4.03. The molecule has 12 heteroatoms. The minimum atomic E-state index is -4.30. The van der Waals surface area contributed by atoms with Gasteiger partial charge in [-0.05, 0) is 24.5 Å². The number of urea groups is 1. The summed E-state index contributed by atoms with van der Waals surface area (Å²) in [4.78, 5) is 19.7. The number of benzene rings is 1. The number of aliphatic hydroxyl groups is 1. The topological polar surface area (TPSA) is 140 Å². The molecule has 2 rings (SSSR count). The Bertz CT molecular complexity index is 932. The van der Waals surface area contributed by atoms with Crippen molar-refractivity contribution >= 4 is 33.6 Å². The van der Waals surface area contributed by atoms with Crippen LogP contribution in [0, 0.1) is 0 Å². The zero-order valence-corrected chi connectivity index (χ0v) is 16.7.